The summed E-state index contributed by atoms with van der Waals surface area (Å²) in [6.07, 6.45) is 3.88. The van der Waals surface area contributed by atoms with Crippen molar-refractivity contribution in [1.29, 1.82) is 0 Å². The van der Waals surface area contributed by atoms with E-state index in [2.05, 4.69) is 57.9 Å². The Balaban J connectivity index is 0.000000386. The molecule has 0 aliphatic rings. The van der Waals surface area contributed by atoms with Crippen molar-refractivity contribution in [3.05, 3.63) is 134 Å². The van der Waals surface area contributed by atoms with Crippen molar-refractivity contribution < 1.29 is 38.2 Å². The molecule has 0 atom stereocenters. The Morgan fingerprint density at radius 2 is 1.01 bits per heavy atom. The maximum Gasteiger partial charge on any atom is 0.373 e. The van der Waals surface area contributed by atoms with Crippen molar-refractivity contribution in [2.45, 2.75) is 151 Å². The molecule has 0 radical (unpaired) electrons. The molecule has 4 heterocycles. The number of rotatable bonds is 11. The van der Waals surface area contributed by atoms with Gasteiger partial charge in [0.15, 0.2) is 0 Å². The molecule has 6 aromatic rings. The number of thiophene rings is 2. The number of H-pyrrole nitrogens is 1. The van der Waals surface area contributed by atoms with Crippen molar-refractivity contribution in [3.63, 3.8) is 0 Å². The van der Waals surface area contributed by atoms with Gasteiger partial charge in [-0.25, -0.2) is 28.3 Å². The van der Waals surface area contributed by atoms with E-state index in [0.29, 0.717) is 33.4 Å². The molecule has 0 saturated carbocycles. The number of carbonyl (C=O) groups is 2. The molecule has 2 aromatic carbocycles. The normalized spacial score (nSPS) is 11.3. The van der Waals surface area contributed by atoms with Gasteiger partial charge in [-0.05, 0) is 131 Å². The first-order valence-corrected chi connectivity index (χ1v) is 25.9. The zero-order valence-corrected chi connectivity index (χ0v) is 46.7. The van der Waals surface area contributed by atoms with Gasteiger partial charge in [0.05, 0.1) is 10.8 Å². The van der Waals surface area contributed by atoms with Gasteiger partial charge in [0.25, 0.3) is 11.1 Å². The standard InChI is InChI=1S/C25H32N2O4S.C17H24N2O4S.C8H9I.2CO2/c1-8-18-16(2)19-20(28)27(25(6,7)22(29)31-24(3,4)5)23(30)26(21(19)32-18)15-14-17-12-10-9-11-13-17;1-8-10-9(2)11-12(24-10)18-15(22)19(13(11)20)17(6,7)14(21)23-16(3,4)5;9-7-6-8-4-2-1-3-5-8;2*2-1-3/h9-13H,8,14-15H2,1-7H3;8H2,1-7H3,(H,18,22);1-5H,6-7H2;;. The highest BCUT2D eigenvalue weighted by atomic mass is 127. The van der Waals surface area contributed by atoms with Crippen LogP contribution in [0.1, 0.15) is 115 Å². The summed E-state index contributed by atoms with van der Waals surface area (Å²) in [7, 11) is 0. The number of carbonyl (C=O) groups excluding carboxylic acids is 6. The molecule has 0 aliphatic carbocycles. The molecule has 16 nitrogen and oxygen atoms in total. The Hall–Kier alpha value is -5.85. The third-order valence-electron chi connectivity index (χ3n) is 10.6. The maximum absolute atomic E-state index is 13.7. The predicted octanol–water partition coefficient (Wildman–Crippen LogP) is 8.61. The summed E-state index contributed by atoms with van der Waals surface area (Å²) in [4.78, 5) is 117. The van der Waals surface area contributed by atoms with Gasteiger partial charge in [0.2, 0.25) is 0 Å². The number of aromatic amines is 1. The Labute approximate surface area is 434 Å². The molecule has 384 valence electrons. The minimum absolute atomic E-state index is 0.250. The molecule has 4 aromatic heterocycles. The quantitative estimate of drug-likeness (QED) is 0.0732. The minimum Gasteiger partial charge on any atom is -0.458 e. The van der Waals surface area contributed by atoms with E-state index in [9.17, 15) is 28.8 Å². The fraction of sp³-hybridized carbons (Fsp3) is 0.462. The third kappa shape index (κ3) is 16.1. The van der Waals surface area contributed by atoms with E-state index in [1.54, 1.807) is 60.0 Å². The molecule has 0 spiro atoms. The molecular formula is C52H65IN4O12S2. The second-order valence-electron chi connectivity index (χ2n) is 19.0. The van der Waals surface area contributed by atoms with Crippen LogP contribution >= 0.6 is 45.3 Å². The van der Waals surface area contributed by atoms with Gasteiger partial charge in [-0.1, -0.05) is 97.1 Å². The van der Waals surface area contributed by atoms with Crippen molar-refractivity contribution in [2.75, 3.05) is 4.43 Å². The molecule has 0 amide bonds. The minimum atomic E-state index is -1.45. The van der Waals surface area contributed by atoms with E-state index in [4.69, 9.17) is 28.7 Å². The molecule has 0 bridgehead atoms. The van der Waals surface area contributed by atoms with Crippen LogP contribution in [0.15, 0.2) is 79.8 Å². The van der Waals surface area contributed by atoms with E-state index in [1.807, 2.05) is 58.0 Å². The van der Waals surface area contributed by atoms with Crippen LogP contribution in [0.4, 0.5) is 0 Å². The number of alkyl halides is 1. The average molecular weight is 1130 g/mol. The largest absolute Gasteiger partial charge is 0.458 e. The van der Waals surface area contributed by atoms with Crippen molar-refractivity contribution >= 4 is 89.9 Å². The van der Waals surface area contributed by atoms with Gasteiger partial charge >= 0.3 is 35.6 Å². The first kappa shape index (κ1) is 61.3. The number of benzene rings is 2. The Kier molecular flexibility index (Phi) is 22.9. The summed E-state index contributed by atoms with van der Waals surface area (Å²) >= 11 is 5.28. The number of nitrogens with one attached hydrogen (secondary N) is 1. The summed E-state index contributed by atoms with van der Waals surface area (Å²) < 4.78 is 15.8. The molecular weight excluding hydrogens is 1060 g/mol. The number of aryl methyl sites for hydroxylation is 7. The number of fused-ring (bicyclic) bond motifs is 2. The van der Waals surface area contributed by atoms with Crippen LogP contribution in [0, 0.1) is 13.8 Å². The van der Waals surface area contributed by atoms with Gasteiger partial charge < -0.3 is 9.47 Å². The number of ether oxygens (including phenoxy) is 2. The smallest absolute Gasteiger partial charge is 0.373 e. The highest BCUT2D eigenvalue weighted by Crippen LogP contribution is 2.30. The van der Waals surface area contributed by atoms with Gasteiger partial charge in [-0.15, -0.1) is 22.7 Å². The lowest BCUT2D eigenvalue weighted by Gasteiger charge is -2.30. The van der Waals surface area contributed by atoms with E-state index < -0.39 is 56.7 Å². The Morgan fingerprint density at radius 1 is 0.620 bits per heavy atom. The van der Waals surface area contributed by atoms with Crippen molar-refractivity contribution in [1.82, 2.24) is 18.7 Å². The van der Waals surface area contributed by atoms with Crippen molar-refractivity contribution in [3.8, 4) is 0 Å². The number of hydrogen-bond donors (Lipinski definition) is 1. The highest BCUT2D eigenvalue weighted by molar-refractivity contribution is 14.1. The molecule has 0 fully saturated rings. The van der Waals surface area contributed by atoms with Crippen LogP contribution in [-0.4, -0.2) is 58.6 Å². The summed E-state index contributed by atoms with van der Waals surface area (Å²) in [5, 5.41) is 0.976. The lowest BCUT2D eigenvalue weighted by Crippen LogP contribution is -2.54. The lowest BCUT2D eigenvalue weighted by molar-refractivity contribution is -0.193. The van der Waals surface area contributed by atoms with Crippen LogP contribution in [0.3, 0.4) is 0 Å². The fourth-order valence-corrected chi connectivity index (χ4v) is 10.2. The molecule has 6 rings (SSSR count). The highest BCUT2D eigenvalue weighted by Gasteiger charge is 2.39. The maximum atomic E-state index is 13.7. The number of esters is 2. The van der Waals surface area contributed by atoms with Crippen LogP contribution in [0.25, 0.3) is 20.4 Å². The summed E-state index contributed by atoms with van der Waals surface area (Å²) in [6, 6.07) is 20.5. The lowest BCUT2D eigenvalue weighted by atomic mass is 10.0. The van der Waals surface area contributed by atoms with Crippen LogP contribution in [0.5, 0.6) is 0 Å². The van der Waals surface area contributed by atoms with Crippen LogP contribution in [0.2, 0.25) is 0 Å². The summed E-state index contributed by atoms with van der Waals surface area (Å²) in [6.45, 7) is 24.9. The number of aromatic nitrogens is 4. The fourth-order valence-electron chi connectivity index (χ4n) is 7.16. The molecule has 1 N–H and O–H groups in total. The van der Waals surface area contributed by atoms with Crippen LogP contribution < -0.4 is 22.5 Å². The average Bonchev–Trinajstić information content (AvgIpc) is 3.79. The number of nitrogens with zero attached hydrogens (tertiary/aromatic N) is 3. The topological polar surface area (TPSA) is 220 Å². The van der Waals surface area contributed by atoms with Gasteiger partial charge in [0, 0.05) is 20.7 Å². The molecule has 0 unspecified atom stereocenters. The SMILES string of the molecule is CCc1sc2[nH]c(=O)n(C(C)(C)C(=O)OC(C)(C)C)c(=O)c2c1C.CCc1sc2c(c1C)c(=O)n(C(C)(C)C(=O)OC(C)(C)C)c(=O)n2CCc1ccccc1.ICCc1ccccc1.O=C=O.O=C=O. The Morgan fingerprint density at radius 3 is 1.44 bits per heavy atom. The number of halogens is 1. The summed E-state index contributed by atoms with van der Waals surface area (Å²) in [5.74, 6) is -1.23. The molecule has 0 saturated heterocycles. The molecule has 71 heavy (non-hydrogen) atoms. The third-order valence-corrected chi connectivity index (χ3v) is 14.0. The van der Waals surface area contributed by atoms with Crippen molar-refractivity contribution in [2.24, 2.45) is 0 Å². The molecule has 19 heteroatoms. The van der Waals surface area contributed by atoms with Gasteiger partial charge in [-0.3, -0.25) is 19.1 Å². The monoisotopic (exact) mass is 1130 g/mol. The van der Waals surface area contributed by atoms with E-state index >= 15 is 0 Å². The van der Waals surface area contributed by atoms with Crippen LogP contribution in [-0.2, 0) is 81.5 Å². The second kappa shape index (κ2) is 26.6. The first-order chi connectivity index (χ1) is 33.0. The zero-order chi connectivity index (χ0) is 54.2. The van der Waals surface area contributed by atoms with E-state index in [-0.39, 0.29) is 12.3 Å². The Bertz CT molecular complexity index is 3070. The van der Waals surface area contributed by atoms with Gasteiger partial charge in [0.1, 0.15) is 31.9 Å². The zero-order valence-electron chi connectivity index (χ0n) is 43.0. The van der Waals surface area contributed by atoms with E-state index in [1.165, 1.54) is 52.9 Å². The van der Waals surface area contributed by atoms with E-state index in [0.717, 1.165) is 48.4 Å². The molecule has 0 aliphatic heterocycles. The van der Waals surface area contributed by atoms with Gasteiger partial charge in [-0.2, -0.15) is 19.2 Å². The second-order valence-corrected chi connectivity index (χ2v) is 22.3. The first-order valence-electron chi connectivity index (χ1n) is 22.7. The predicted molar refractivity (Wildman–Crippen MR) is 285 cm³/mol. The summed E-state index contributed by atoms with van der Waals surface area (Å²) in [5.41, 5.74) is -2.03. The number of hydrogen-bond acceptors (Lipinski definition) is 14.